The largest absolute Gasteiger partial charge is 0.487 e. The first kappa shape index (κ1) is 20.3. The molecule has 0 atom stereocenters. The fourth-order valence-electron chi connectivity index (χ4n) is 6.01. The Bertz CT molecular complexity index is 981. The van der Waals surface area contributed by atoms with Crippen molar-refractivity contribution in [3.63, 3.8) is 0 Å². The van der Waals surface area contributed by atoms with E-state index in [-0.39, 0.29) is 11.5 Å². The Morgan fingerprint density at radius 3 is 2.25 bits per heavy atom. The molecule has 6 rings (SSSR count). The van der Waals surface area contributed by atoms with E-state index in [0.717, 1.165) is 69.0 Å². The summed E-state index contributed by atoms with van der Waals surface area (Å²) in [5.41, 5.74) is 4.55. The molecule has 0 N–H and O–H groups in total. The SMILES string of the molecule is O=C(c1ccc(-c2ccc3c(c2)CCC2(CCN(C4CCC4)CC2)O3)cc1)N1CCCC1. The van der Waals surface area contributed by atoms with Crippen LogP contribution in [0.3, 0.4) is 0 Å². The van der Waals surface area contributed by atoms with E-state index in [1.807, 2.05) is 17.0 Å². The van der Waals surface area contributed by atoms with Crippen molar-refractivity contribution in [2.24, 2.45) is 0 Å². The van der Waals surface area contributed by atoms with Crippen LogP contribution >= 0.6 is 0 Å². The maximum Gasteiger partial charge on any atom is 0.253 e. The molecule has 1 spiro atoms. The highest BCUT2D eigenvalue weighted by Gasteiger charge is 2.41. The number of ether oxygens (including phenoxy) is 1. The summed E-state index contributed by atoms with van der Waals surface area (Å²) in [4.78, 5) is 17.3. The molecule has 168 valence electrons. The summed E-state index contributed by atoms with van der Waals surface area (Å²) in [7, 11) is 0. The molecule has 4 heteroatoms. The number of likely N-dealkylation sites (tertiary alicyclic amines) is 2. The van der Waals surface area contributed by atoms with E-state index in [9.17, 15) is 4.79 Å². The van der Waals surface area contributed by atoms with E-state index < -0.39 is 0 Å². The van der Waals surface area contributed by atoms with Gasteiger partial charge >= 0.3 is 0 Å². The highest BCUT2D eigenvalue weighted by Crippen LogP contribution is 2.42. The molecule has 4 aliphatic rings. The van der Waals surface area contributed by atoms with Crippen LogP contribution in [0.4, 0.5) is 0 Å². The van der Waals surface area contributed by atoms with E-state index >= 15 is 0 Å². The van der Waals surface area contributed by atoms with Gasteiger partial charge in [0.15, 0.2) is 0 Å². The molecule has 3 fully saturated rings. The zero-order valence-electron chi connectivity index (χ0n) is 19.0. The molecule has 4 nitrogen and oxygen atoms in total. The van der Waals surface area contributed by atoms with Gasteiger partial charge in [0, 0.05) is 37.8 Å². The minimum atomic E-state index is 0.0480. The summed E-state index contributed by atoms with van der Waals surface area (Å²) in [5, 5.41) is 0. The number of rotatable bonds is 3. The summed E-state index contributed by atoms with van der Waals surface area (Å²) >= 11 is 0. The second-order valence-electron chi connectivity index (χ2n) is 10.3. The molecule has 0 unspecified atom stereocenters. The van der Waals surface area contributed by atoms with Crippen LogP contribution in [0.1, 0.15) is 67.3 Å². The molecule has 0 radical (unpaired) electrons. The molecule has 0 bridgehead atoms. The highest BCUT2D eigenvalue weighted by atomic mass is 16.5. The zero-order chi connectivity index (χ0) is 21.5. The van der Waals surface area contributed by atoms with E-state index in [2.05, 4.69) is 35.2 Å². The van der Waals surface area contributed by atoms with E-state index in [0.29, 0.717) is 0 Å². The number of hydrogen-bond donors (Lipinski definition) is 0. The minimum Gasteiger partial charge on any atom is -0.487 e. The third-order valence-electron chi connectivity index (χ3n) is 8.40. The third-order valence-corrected chi connectivity index (χ3v) is 8.40. The minimum absolute atomic E-state index is 0.0480. The van der Waals surface area contributed by atoms with Crippen LogP contribution in [0.5, 0.6) is 5.75 Å². The summed E-state index contributed by atoms with van der Waals surface area (Å²) in [6.45, 7) is 4.18. The lowest BCUT2D eigenvalue weighted by atomic mass is 9.81. The average Bonchev–Trinajstić information content (AvgIpc) is 3.34. The van der Waals surface area contributed by atoms with Gasteiger partial charge in [-0.05, 0) is 92.3 Å². The van der Waals surface area contributed by atoms with Crippen molar-refractivity contribution >= 4 is 5.91 Å². The number of aryl methyl sites for hydroxylation is 1. The number of carbonyl (C=O) groups excluding carboxylic acids is 1. The molecule has 0 aromatic heterocycles. The van der Waals surface area contributed by atoms with Crippen LogP contribution in [0.15, 0.2) is 42.5 Å². The predicted octanol–water partition coefficient (Wildman–Crippen LogP) is 5.30. The maximum atomic E-state index is 12.6. The maximum absolute atomic E-state index is 12.6. The molecule has 1 aliphatic carbocycles. The normalized spacial score (nSPS) is 22.9. The first-order chi connectivity index (χ1) is 15.7. The first-order valence-corrected chi connectivity index (χ1v) is 12.6. The number of benzene rings is 2. The highest BCUT2D eigenvalue weighted by molar-refractivity contribution is 5.94. The molecule has 3 heterocycles. The second kappa shape index (κ2) is 8.22. The van der Waals surface area contributed by atoms with Crippen LogP contribution in [-0.2, 0) is 6.42 Å². The third kappa shape index (κ3) is 3.73. The molecule has 3 aliphatic heterocycles. The van der Waals surface area contributed by atoms with Gasteiger partial charge in [0.05, 0.1) is 0 Å². The Morgan fingerprint density at radius 1 is 0.844 bits per heavy atom. The smallest absolute Gasteiger partial charge is 0.253 e. The van der Waals surface area contributed by atoms with E-state index in [4.69, 9.17) is 4.74 Å². The number of fused-ring (bicyclic) bond motifs is 1. The Morgan fingerprint density at radius 2 is 1.56 bits per heavy atom. The van der Waals surface area contributed by atoms with Gasteiger partial charge in [0.2, 0.25) is 0 Å². The molecule has 2 aromatic rings. The number of amides is 1. The number of piperidine rings is 1. The second-order valence-corrected chi connectivity index (χ2v) is 10.3. The van der Waals surface area contributed by atoms with Crippen LogP contribution in [0.2, 0.25) is 0 Å². The van der Waals surface area contributed by atoms with Crippen molar-refractivity contribution in [3.8, 4) is 16.9 Å². The fourth-order valence-corrected chi connectivity index (χ4v) is 6.01. The number of nitrogens with zero attached hydrogens (tertiary/aromatic N) is 2. The van der Waals surface area contributed by atoms with Gasteiger partial charge in [-0.3, -0.25) is 4.79 Å². The summed E-state index contributed by atoms with van der Waals surface area (Å²) in [6.07, 6.45) is 11.0. The predicted molar refractivity (Wildman–Crippen MR) is 127 cm³/mol. The first-order valence-electron chi connectivity index (χ1n) is 12.6. The van der Waals surface area contributed by atoms with Crippen molar-refractivity contribution in [1.29, 1.82) is 0 Å². The Hall–Kier alpha value is -2.33. The van der Waals surface area contributed by atoms with E-state index in [1.165, 1.54) is 49.0 Å². The molecule has 32 heavy (non-hydrogen) atoms. The van der Waals surface area contributed by atoms with E-state index in [1.54, 1.807) is 0 Å². The van der Waals surface area contributed by atoms with Crippen molar-refractivity contribution in [1.82, 2.24) is 9.80 Å². The zero-order valence-corrected chi connectivity index (χ0v) is 19.0. The van der Waals surface area contributed by atoms with Crippen molar-refractivity contribution < 1.29 is 9.53 Å². The van der Waals surface area contributed by atoms with Crippen molar-refractivity contribution in [3.05, 3.63) is 53.6 Å². The lowest BCUT2D eigenvalue weighted by Crippen LogP contribution is -2.53. The molecule has 2 aromatic carbocycles. The van der Waals surface area contributed by atoms with Crippen LogP contribution in [-0.4, -0.2) is 53.5 Å². The Labute approximate surface area is 191 Å². The fraction of sp³-hybridized carbons (Fsp3) is 0.536. The molecule has 1 saturated carbocycles. The average molecular weight is 431 g/mol. The molecular weight excluding hydrogens is 396 g/mol. The summed E-state index contributed by atoms with van der Waals surface area (Å²) in [5.74, 6) is 1.25. The van der Waals surface area contributed by atoms with Gasteiger partial charge in [0.25, 0.3) is 5.91 Å². The Kier molecular flexibility index (Phi) is 5.21. The molecular formula is C28H34N2O2. The summed E-state index contributed by atoms with van der Waals surface area (Å²) < 4.78 is 6.66. The van der Waals surface area contributed by atoms with Gasteiger partial charge in [0.1, 0.15) is 11.4 Å². The number of carbonyl (C=O) groups is 1. The van der Waals surface area contributed by atoms with Gasteiger partial charge in [-0.15, -0.1) is 0 Å². The molecule has 2 saturated heterocycles. The monoisotopic (exact) mass is 430 g/mol. The van der Waals surface area contributed by atoms with Crippen LogP contribution in [0.25, 0.3) is 11.1 Å². The van der Waals surface area contributed by atoms with Gasteiger partial charge in [-0.1, -0.05) is 24.6 Å². The van der Waals surface area contributed by atoms with Gasteiger partial charge in [-0.25, -0.2) is 0 Å². The van der Waals surface area contributed by atoms with Crippen LogP contribution in [0, 0.1) is 0 Å². The quantitative estimate of drug-likeness (QED) is 0.662. The lowest BCUT2D eigenvalue weighted by molar-refractivity contribution is -0.0336. The van der Waals surface area contributed by atoms with Crippen LogP contribution < -0.4 is 4.74 Å². The van der Waals surface area contributed by atoms with Gasteiger partial charge < -0.3 is 14.5 Å². The van der Waals surface area contributed by atoms with Crippen molar-refractivity contribution in [2.45, 2.75) is 69.4 Å². The standard InChI is InChI=1S/C28H34N2O2/c31-27(30-16-1-2-17-30)22-8-6-21(7-9-22)23-10-11-26-24(20-23)12-13-28(32-26)14-18-29(19-15-28)25-4-3-5-25/h6-11,20,25H,1-5,12-19H2. The lowest BCUT2D eigenvalue weighted by Gasteiger charge is -2.48. The summed E-state index contributed by atoms with van der Waals surface area (Å²) in [6, 6.07) is 15.6. The number of hydrogen-bond acceptors (Lipinski definition) is 3. The van der Waals surface area contributed by atoms with Gasteiger partial charge in [-0.2, -0.15) is 0 Å². The Balaban J connectivity index is 1.14. The topological polar surface area (TPSA) is 32.8 Å². The van der Waals surface area contributed by atoms with Crippen molar-refractivity contribution in [2.75, 3.05) is 26.2 Å². The molecule has 1 amide bonds.